The highest BCUT2D eigenvalue weighted by Crippen LogP contribution is 2.25. The van der Waals surface area contributed by atoms with Gasteiger partial charge in [0.2, 0.25) is 0 Å². The summed E-state index contributed by atoms with van der Waals surface area (Å²) in [5.41, 5.74) is 4.25. The van der Waals surface area contributed by atoms with Crippen LogP contribution in [0.15, 0.2) is 133 Å². The summed E-state index contributed by atoms with van der Waals surface area (Å²) in [5.74, 6) is 0.248. The number of hydrogen-bond donors (Lipinski definition) is 1. The first kappa shape index (κ1) is 26.7. The molecule has 5 aromatic rings. The summed E-state index contributed by atoms with van der Waals surface area (Å²) in [6.45, 7) is 0.625. The lowest BCUT2D eigenvalue weighted by Crippen LogP contribution is -2.34. The van der Waals surface area contributed by atoms with Crippen molar-refractivity contribution in [3.05, 3.63) is 150 Å². The minimum Gasteiger partial charge on any atom is -0.492 e. The van der Waals surface area contributed by atoms with E-state index in [1.165, 1.54) is 0 Å². The number of amides is 2. The number of carbonyl (C=O) groups is 2. The van der Waals surface area contributed by atoms with Gasteiger partial charge in [0.25, 0.3) is 11.8 Å². The normalized spacial score (nSPS) is 10.5. The number of hydrogen-bond acceptors (Lipinski definition) is 3. The van der Waals surface area contributed by atoms with Crippen LogP contribution in [-0.4, -0.2) is 25.0 Å². The van der Waals surface area contributed by atoms with Gasteiger partial charge in [-0.3, -0.25) is 9.59 Å². The Bertz CT molecular complexity index is 1590. The monoisotopic (exact) mass is 546 g/mol. The van der Waals surface area contributed by atoms with Gasteiger partial charge in [-0.1, -0.05) is 84.4 Å². The number of ether oxygens (including phenoxy) is 1. The maximum absolute atomic E-state index is 13.6. The van der Waals surface area contributed by atoms with E-state index in [1.54, 1.807) is 47.4 Å². The molecule has 0 aromatic heterocycles. The molecule has 0 bridgehead atoms. The Kier molecular flexibility index (Phi) is 8.54. The van der Waals surface area contributed by atoms with Gasteiger partial charge in [-0.2, -0.15) is 0 Å². The van der Waals surface area contributed by atoms with Crippen LogP contribution in [0.25, 0.3) is 11.1 Å². The Balaban J connectivity index is 1.29. The molecule has 0 fully saturated rings. The van der Waals surface area contributed by atoms with E-state index in [4.69, 9.17) is 16.3 Å². The number of anilines is 2. The molecule has 0 atom stereocenters. The van der Waals surface area contributed by atoms with E-state index in [-0.39, 0.29) is 18.4 Å². The quantitative estimate of drug-likeness (QED) is 0.204. The van der Waals surface area contributed by atoms with Crippen molar-refractivity contribution in [1.29, 1.82) is 0 Å². The van der Waals surface area contributed by atoms with Crippen molar-refractivity contribution >= 4 is 34.8 Å². The van der Waals surface area contributed by atoms with Crippen LogP contribution in [0, 0.1) is 0 Å². The molecule has 0 aliphatic carbocycles. The predicted molar refractivity (Wildman–Crippen MR) is 161 cm³/mol. The number of rotatable bonds is 9. The lowest BCUT2D eigenvalue weighted by Gasteiger charge is -2.23. The standard InChI is InChI=1S/C34H27ClN2O3/c35-27-12-9-15-30(24-27)40-23-22-37(29-13-5-2-6-14-29)34(39)26-18-20-28(21-19-26)36-33(38)32-17-8-7-16-31(32)25-10-3-1-4-11-25/h1-21,24H,22-23H2,(H,36,38). The average molecular weight is 547 g/mol. The Morgan fingerprint density at radius 3 is 2.12 bits per heavy atom. The second kappa shape index (κ2) is 12.8. The van der Waals surface area contributed by atoms with Crippen molar-refractivity contribution < 1.29 is 14.3 Å². The van der Waals surface area contributed by atoms with Crippen molar-refractivity contribution in [2.24, 2.45) is 0 Å². The Morgan fingerprint density at radius 2 is 1.40 bits per heavy atom. The summed E-state index contributed by atoms with van der Waals surface area (Å²) in [5, 5.41) is 3.55. The molecule has 5 rings (SSSR count). The zero-order chi connectivity index (χ0) is 27.7. The zero-order valence-electron chi connectivity index (χ0n) is 21.7. The Morgan fingerprint density at radius 1 is 0.725 bits per heavy atom. The van der Waals surface area contributed by atoms with E-state index in [0.29, 0.717) is 34.1 Å². The molecular formula is C34H27ClN2O3. The number of benzene rings is 5. The predicted octanol–water partition coefficient (Wildman–Crippen LogP) is 7.99. The number of nitrogens with one attached hydrogen (secondary N) is 1. The van der Waals surface area contributed by atoms with E-state index >= 15 is 0 Å². The summed E-state index contributed by atoms with van der Waals surface area (Å²) in [7, 11) is 0. The van der Waals surface area contributed by atoms with Gasteiger partial charge in [-0.05, 0) is 71.8 Å². The maximum Gasteiger partial charge on any atom is 0.258 e. The Hall–Kier alpha value is -4.87. The number of halogens is 1. The van der Waals surface area contributed by atoms with Crippen molar-refractivity contribution in [1.82, 2.24) is 0 Å². The third-order valence-electron chi connectivity index (χ3n) is 6.34. The van der Waals surface area contributed by atoms with Crippen LogP contribution in [0.4, 0.5) is 11.4 Å². The first-order chi connectivity index (χ1) is 19.6. The third kappa shape index (κ3) is 6.57. The van der Waals surface area contributed by atoms with Gasteiger partial charge in [0.05, 0.1) is 6.54 Å². The summed E-state index contributed by atoms with van der Waals surface area (Å²) in [4.78, 5) is 28.4. The van der Waals surface area contributed by atoms with E-state index in [1.807, 2.05) is 91.0 Å². The topological polar surface area (TPSA) is 58.6 Å². The highest BCUT2D eigenvalue weighted by atomic mass is 35.5. The molecular weight excluding hydrogens is 520 g/mol. The molecule has 0 saturated carbocycles. The largest absolute Gasteiger partial charge is 0.492 e. The smallest absolute Gasteiger partial charge is 0.258 e. The highest BCUT2D eigenvalue weighted by Gasteiger charge is 2.19. The molecule has 0 aliphatic rings. The van der Waals surface area contributed by atoms with Crippen LogP contribution in [0.3, 0.4) is 0 Å². The van der Waals surface area contributed by atoms with Gasteiger partial charge >= 0.3 is 0 Å². The summed E-state index contributed by atoms with van der Waals surface area (Å²) < 4.78 is 5.85. The average Bonchev–Trinajstić information content (AvgIpc) is 3.00. The molecule has 0 spiro atoms. The lowest BCUT2D eigenvalue weighted by atomic mass is 9.99. The van der Waals surface area contributed by atoms with E-state index in [9.17, 15) is 9.59 Å². The molecule has 5 nitrogen and oxygen atoms in total. The molecule has 0 saturated heterocycles. The van der Waals surface area contributed by atoms with Crippen molar-refractivity contribution in [3.63, 3.8) is 0 Å². The van der Waals surface area contributed by atoms with Crippen molar-refractivity contribution in [3.8, 4) is 16.9 Å². The number of para-hydroxylation sites is 1. The molecule has 0 radical (unpaired) electrons. The van der Waals surface area contributed by atoms with Gasteiger partial charge in [0.15, 0.2) is 0 Å². The van der Waals surface area contributed by atoms with E-state index in [0.717, 1.165) is 16.8 Å². The molecule has 5 aromatic carbocycles. The van der Waals surface area contributed by atoms with Gasteiger partial charge in [0, 0.05) is 27.5 Å². The summed E-state index contributed by atoms with van der Waals surface area (Å²) in [6.07, 6.45) is 0. The number of carbonyl (C=O) groups excluding carboxylic acids is 2. The fraction of sp³-hybridized carbons (Fsp3) is 0.0588. The first-order valence-corrected chi connectivity index (χ1v) is 13.3. The molecule has 0 unspecified atom stereocenters. The van der Waals surface area contributed by atoms with E-state index < -0.39 is 0 Å². The van der Waals surface area contributed by atoms with Gasteiger partial charge < -0.3 is 15.0 Å². The van der Waals surface area contributed by atoms with Gasteiger partial charge in [0.1, 0.15) is 12.4 Å². The van der Waals surface area contributed by atoms with Crippen molar-refractivity contribution in [2.75, 3.05) is 23.4 Å². The molecule has 1 N–H and O–H groups in total. The second-order valence-corrected chi connectivity index (χ2v) is 9.48. The number of nitrogens with zero attached hydrogens (tertiary/aromatic N) is 1. The molecule has 0 heterocycles. The molecule has 6 heteroatoms. The molecule has 40 heavy (non-hydrogen) atoms. The van der Waals surface area contributed by atoms with Crippen LogP contribution in [0.5, 0.6) is 5.75 Å². The van der Waals surface area contributed by atoms with Crippen LogP contribution in [-0.2, 0) is 0 Å². The van der Waals surface area contributed by atoms with Crippen molar-refractivity contribution in [2.45, 2.75) is 0 Å². The Labute approximate surface area is 238 Å². The van der Waals surface area contributed by atoms with Crippen LogP contribution < -0.4 is 15.0 Å². The zero-order valence-corrected chi connectivity index (χ0v) is 22.4. The molecule has 198 valence electrons. The minimum absolute atomic E-state index is 0.173. The maximum atomic E-state index is 13.6. The lowest BCUT2D eigenvalue weighted by molar-refractivity contribution is 0.0981. The SMILES string of the molecule is O=C(Nc1ccc(C(=O)N(CCOc2cccc(Cl)c2)c2ccccc2)cc1)c1ccccc1-c1ccccc1. The third-order valence-corrected chi connectivity index (χ3v) is 6.57. The van der Waals surface area contributed by atoms with Crippen LogP contribution >= 0.6 is 11.6 Å². The fourth-order valence-corrected chi connectivity index (χ4v) is 4.55. The molecule has 0 aliphatic heterocycles. The first-order valence-electron chi connectivity index (χ1n) is 12.9. The van der Waals surface area contributed by atoms with Crippen LogP contribution in [0.2, 0.25) is 5.02 Å². The fourth-order valence-electron chi connectivity index (χ4n) is 4.37. The van der Waals surface area contributed by atoms with E-state index in [2.05, 4.69) is 5.32 Å². The van der Waals surface area contributed by atoms with Gasteiger partial charge in [-0.25, -0.2) is 0 Å². The van der Waals surface area contributed by atoms with Gasteiger partial charge in [-0.15, -0.1) is 0 Å². The summed E-state index contributed by atoms with van der Waals surface area (Å²) in [6, 6.07) is 40.8. The second-order valence-electron chi connectivity index (χ2n) is 9.04. The molecule has 2 amide bonds. The van der Waals surface area contributed by atoms with Crippen LogP contribution in [0.1, 0.15) is 20.7 Å². The summed E-state index contributed by atoms with van der Waals surface area (Å²) >= 11 is 6.06. The highest BCUT2D eigenvalue weighted by molar-refractivity contribution is 6.30. The minimum atomic E-state index is -0.220.